The van der Waals surface area contributed by atoms with E-state index in [2.05, 4.69) is 5.32 Å². The van der Waals surface area contributed by atoms with Gasteiger partial charge in [-0.05, 0) is 37.9 Å². The topological polar surface area (TPSA) is 72.9 Å². The van der Waals surface area contributed by atoms with Gasteiger partial charge in [0.25, 0.3) is 0 Å². The Bertz CT molecular complexity index is 479. The lowest BCUT2D eigenvalue weighted by atomic mass is 10.3. The Morgan fingerprint density at radius 1 is 1.29 bits per heavy atom. The number of benzene rings is 1. The maximum Gasteiger partial charge on any atom is 0.323 e. The van der Waals surface area contributed by atoms with Crippen LogP contribution in [0.4, 0.5) is 10.5 Å². The Hall–Kier alpha value is -1.79. The molecule has 116 valence electrons. The van der Waals surface area contributed by atoms with Crippen molar-refractivity contribution in [1.29, 1.82) is 0 Å². The molecule has 1 aromatic rings. The van der Waals surface area contributed by atoms with Crippen molar-refractivity contribution in [1.82, 2.24) is 10.2 Å². The van der Waals surface area contributed by atoms with E-state index in [9.17, 15) is 9.59 Å². The minimum Gasteiger partial charge on any atom is -0.480 e. The summed E-state index contributed by atoms with van der Waals surface area (Å²) in [5, 5.41) is 12.2. The summed E-state index contributed by atoms with van der Waals surface area (Å²) in [5.41, 5.74) is 0.489. The number of rotatable bonds is 7. The summed E-state index contributed by atoms with van der Waals surface area (Å²) >= 11 is 5.80. The number of carboxylic acid groups (broad SMARTS) is 1. The monoisotopic (exact) mass is 313 g/mol. The summed E-state index contributed by atoms with van der Waals surface area (Å²) in [6.07, 6.45) is 0. The van der Waals surface area contributed by atoms with Crippen LogP contribution in [0, 0.1) is 0 Å². The predicted octanol–water partition coefficient (Wildman–Crippen LogP) is 1.89. The standard InChI is InChI=1S/C14H20ClN3O3/c1-3-17(2)9-8-16-14(21)18(10-13(19)20)12-6-4-11(15)5-7-12/h4-7H,3,8-10H2,1-2H3,(H,16,21)(H,19,20). The van der Waals surface area contributed by atoms with Gasteiger partial charge in [0, 0.05) is 23.8 Å². The molecule has 0 aliphatic rings. The molecule has 0 saturated carbocycles. The minimum atomic E-state index is -1.08. The van der Waals surface area contributed by atoms with E-state index in [1.807, 2.05) is 18.9 Å². The van der Waals surface area contributed by atoms with E-state index in [1.54, 1.807) is 24.3 Å². The van der Waals surface area contributed by atoms with Crippen molar-refractivity contribution >= 4 is 29.3 Å². The molecule has 1 rings (SSSR count). The second kappa shape index (κ2) is 8.49. The van der Waals surface area contributed by atoms with Crippen LogP contribution in [-0.4, -0.2) is 55.2 Å². The molecule has 1 aromatic carbocycles. The number of urea groups is 1. The molecule has 0 aromatic heterocycles. The van der Waals surface area contributed by atoms with Crippen molar-refractivity contribution in [2.24, 2.45) is 0 Å². The number of carbonyl (C=O) groups excluding carboxylic acids is 1. The highest BCUT2D eigenvalue weighted by molar-refractivity contribution is 6.30. The molecule has 0 atom stereocenters. The van der Waals surface area contributed by atoms with Crippen molar-refractivity contribution < 1.29 is 14.7 Å². The fraction of sp³-hybridized carbons (Fsp3) is 0.429. The van der Waals surface area contributed by atoms with Gasteiger partial charge in [-0.15, -0.1) is 0 Å². The van der Waals surface area contributed by atoms with Crippen molar-refractivity contribution in [2.45, 2.75) is 6.92 Å². The van der Waals surface area contributed by atoms with Gasteiger partial charge in [0.15, 0.2) is 0 Å². The van der Waals surface area contributed by atoms with Gasteiger partial charge in [-0.25, -0.2) is 4.79 Å². The van der Waals surface area contributed by atoms with Crippen LogP contribution < -0.4 is 10.2 Å². The fourth-order valence-electron chi connectivity index (χ4n) is 1.64. The summed E-state index contributed by atoms with van der Waals surface area (Å²) in [6, 6.07) is 6.02. The summed E-state index contributed by atoms with van der Waals surface area (Å²) in [4.78, 5) is 26.3. The number of halogens is 1. The Morgan fingerprint density at radius 3 is 2.43 bits per heavy atom. The van der Waals surface area contributed by atoms with Gasteiger partial charge in [0.05, 0.1) is 0 Å². The highest BCUT2D eigenvalue weighted by Crippen LogP contribution is 2.18. The maximum atomic E-state index is 12.1. The van der Waals surface area contributed by atoms with E-state index >= 15 is 0 Å². The first-order chi connectivity index (χ1) is 9.93. The summed E-state index contributed by atoms with van der Waals surface area (Å²) in [7, 11) is 1.94. The van der Waals surface area contributed by atoms with Crippen molar-refractivity contribution in [3.63, 3.8) is 0 Å². The average molecular weight is 314 g/mol. The number of likely N-dealkylation sites (N-methyl/N-ethyl adjacent to an activating group) is 1. The van der Waals surface area contributed by atoms with E-state index in [0.29, 0.717) is 23.8 Å². The summed E-state index contributed by atoms with van der Waals surface area (Å²) in [5.74, 6) is -1.08. The van der Waals surface area contributed by atoms with Crippen molar-refractivity contribution in [2.75, 3.05) is 38.1 Å². The van der Waals surface area contributed by atoms with E-state index in [4.69, 9.17) is 16.7 Å². The van der Waals surface area contributed by atoms with E-state index in [-0.39, 0.29) is 0 Å². The van der Waals surface area contributed by atoms with Crippen molar-refractivity contribution in [3.8, 4) is 0 Å². The smallest absolute Gasteiger partial charge is 0.323 e. The fourth-order valence-corrected chi connectivity index (χ4v) is 1.77. The Balaban J connectivity index is 2.70. The van der Waals surface area contributed by atoms with Crippen LogP contribution in [0.15, 0.2) is 24.3 Å². The van der Waals surface area contributed by atoms with Gasteiger partial charge in [0.2, 0.25) is 0 Å². The molecule has 7 heteroatoms. The molecule has 0 radical (unpaired) electrons. The van der Waals surface area contributed by atoms with Crippen LogP contribution in [0.2, 0.25) is 5.02 Å². The number of nitrogens with one attached hydrogen (secondary N) is 1. The lowest BCUT2D eigenvalue weighted by Gasteiger charge is -2.22. The van der Waals surface area contributed by atoms with E-state index in [1.165, 1.54) is 4.90 Å². The van der Waals surface area contributed by atoms with Crippen LogP contribution in [0.25, 0.3) is 0 Å². The average Bonchev–Trinajstić information content (AvgIpc) is 2.45. The molecule has 0 aliphatic heterocycles. The highest BCUT2D eigenvalue weighted by Gasteiger charge is 2.18. The van der Waals surface area contributed by atoms with Gasteiger partial charge in [-0.2, -0.15) is 0 Å². The number of aliphatic carboxylic acids is 1. The molecule has 0 aliphatic carbocycles. The summed E-state index contributed by atoms with van der Waals surface area (Å²) < 4.78 is 0. The molecular weight excluding hydrogens is 294 g/mol. The Kier molecular flexibility index (Phi) is 6.98. The van der Waals surface area contributed by atoms with Gasteiger partial charge in [-0.1, -0.05) is 18.5 Å². The van der Waals surface area contributed by atoms with Gasteiger partial charge < -0.3 is 15.3 Å². The first kappa shape index (κ1) is 17.3. The zero-order valence-electron chi connectivity index (χ0n) is 12.2. The Labute approximate surface area is 129 Å². The third kappa shape index (κ3) is 6.01. The normalized spacial score (nSPS) is 10.5. The van der Waals surface area contributed by atoms with Crippen LogP contribution in [0.1, 0.15) is 6.92 Å². The molecule has 21 heavy (non-hydrogen) atoms. The number of hydrogen-bond acceptors (Lipinski definition) is 3. The number of carboxylic acids is 1. The number of hydrogen-bond donors (Lipinski definition) is 2. The quantitative estimate of drug-likeness (QED) is 0.806. The highest BCUT2D eigenvalue weighted by atomic mass is 35.5. The largest absolute Gasteiger partial charge is 0.480 e. The molecule has 0 heterocycles. The first-order valence-corrected chi connectivity index (χ1v) is 7.03. The third-order valence-electron chi connectivity index (χ3n) is 2.99. The molecule has 6 nitrogen and oxygen atoms in total. The second-order valence-electron chi connectivity index (χ2n) is 4.58. The molecular formula is C14H20ClN3O3. The molecule has 0 saturated heterocycles. The molecule has 0 unspecified atom stereocenters. The van der Waals surface area contributed by atoms with Crippen LogP contribution in [0.5, 0.6) is 0 Å². The zero-order chi connectivity index (χ0) is 15.8. The number of anilines is 1. The van der Waals surface area contributed by atoms with Gasteiger partial charge in [-0.3, -0.25) is 9.69 Å². The SMILES string of the molecule is CCN(C)CCNC(=O)N(CC(=O)O)c1ccc(Cl)cc1. The van der Waals surface area contributed by atoms with Crippen LogP contribution >= 0.6 is 11.6 Å². The van der Waals surface area contributed by atoms with Crippen LogP contribution in [0.3, 0.4) is 0 Å². The van der Waals surface area contributed by atoms with Gasteiger partial charge in [0.1, 0.15) is 6.54 Å². The molecule has 0 fully saturated rings. The number of carbonyl (C=O) groups is 2. The predicted molar refractivity (Wildman–Crippen MR) is 83.0 cm³/mol. The molecule has 0 bridgehead atoms. The molecule has 0 spiro atoms. The lowest BCUT2D eigenvalue weighted by Crippen LogP contribution is -2.45. The maximum absolute atomic E-state index is 12.1. The molecule has 2 N–H and O–H groups in total. The minimum absolute atomic E-state index is 0.406. The van der Waals surface area contributed by atoms with E-state index in [0.717, 1.165) is 6.54 Å². The number of amides is 2. The van der Waals surface area contributed by atoms with Crippen LogP contribution in [-0.2, 0) is 4.79 Å². The number of nitrogens with zero attached hydrogens (tertiary/aromatic N) is 2. The van der Waals surface area contributed by atoms with Gasteiger partial charge >= 0.3 is 12.0 Å². The van der Waals surface area contributed by atoms with Crippen molar-refractivity contribution in [3.05, 3.63) is 29.3 Å². The van der Waals surface area contributed by atoms with E-state index < -0.39 is 18.5 Å². The molecule has 2 amide bonds. The zero-order valence-corrected chi connectivity index (χ0v) is 12.9. The Morgan fingerprint density at radius 2 is 1.90 bits per heavy atom. The first-order valence-electron chi connectivity index (χ1n) is 6.65. The third-order valence-corrected chi connectivity index (χ3v) is 3.24. The lowest BCUT2D eigenvalue weighted by molar-refractivity contribution is -0.135. The second-order valence-corrected chi connectivity index (χ2v) is 5.02. The summed E-state index contributed by atoms with van der Waals surface area (Å²) in [6.45, 7) is 3.64.